The fraction of sp³-hybridized carbons (Fsp3) is 0.200. The van der Waals surface area contributed by atoms with Crippen LogP contribution in [0.5, 0.6) is 5.75 Å². The summed E-state index contributed by atoms with van der Waals surface area (Å²) < 4.78 is 5.80. The lowest BCUT2D eigenvalue weighted by Gasteiger charge is -2.09. The van der Waals surface area contributed by atoms with Gasteiger partial charge in [-0.2, -0.15) is 0 Å². The van der Waals surface area contributed by atoms with Crippen LogP contribution in [0.1, 0.15) is 12.0 Å². The number of nitrogens with zero attached hydrogens (tertiary/aromatic N) is 1. The van der Waals surface area contributed by atoms with E-state index in [1.807, 2.05) is 42.5 Å². The molecule has 128 valence electrons. The Kier molecular flexibility index (Phi) is 5.86. The zero-order valence-electron chi connectivity index (χ0n) is 13.7. The number of halogens is 1. The molecule has 0 aliphatic heterocycles. The van der Waals surface area contributed by atoms with Gasteiger partial charge in [-0.05, 0) is 36.2 Å². The van der Waals surface area contributed by atoms with Crippen LogP contribution in [0.4, 0.5) is 0 Å². The van der Waals surface area contributed by atoms with Gasteiger partial charge in [0.15, 0.2) is 0 Å². The maximum Gasteiger partial charge on any atom is 0.224 e. The van der Waals surface area contributed by atoms with E-state index in [1.165, 1.54) is 0 Å². The molecule has 0 fully saturated rings. The van der Waals surface area contributed by atoms with Gasteiger partial charge in [0, 0.05) is 23.2 Å². The Labute approximate surface area is 151 Å². The molecule has 0 bridgehead atoms. The molecule has 0 aliphatic rings. The number of rotatable bonds is 7. The summed E-state index contributed by atoms with van der Waals surface area (Å²) in [6.45, 7) is 1.10. The van der Waals surface area contributed by atoms with E-state index in [-0.39, 0.29) is 5.91 Å². The molecule has 25 heavy (non-hydrogen) atoms. The Hall–Kier alpha value is -2.59. The highest BCUT2D eigenvalue weighted by molar-refractivity contribution is 6.30. The second kappa shape index (κ2) is 8.49. The van der Waals surface area contributed by atoms with Crippen LogP contribution in [-0.4, -0.2) is 24.0 Å². The van der Waals surface area contributed by atoms with Crippen molar-refractivity contribution in [2.45, 2.75) is 12.8 Å². The van der Waals surface area contributed by atoms with Crippen molar-refractivity contribution in [1.29, 1.82) is 0 Å². The van der Waals surface area contributed by atoms with Gasteiger partial charge >= 0.3 is 0 Å². The van der Waals surface area contributed by atoms with Gasteiger partial charge in [-0.25, -0.2) is 0 Å². The smallest absolute Gasteiger partial charge is 0.224 e. The Morgan fingerprint density at radius 3 is 2.72 bits per heavy atom. The Balaban J connectivity index is 1.41. The standard InChI is InChI=1S/C20H19ClN2O2/c21-17-9-7-15(8-10-17)14-19(24)22-12-3-13-25-18-6-1-4-16-5-2-11-23-20(16)18/h1-2,4-11H,3,12-14H2,(H,22,24). The first-order valence-corrected chi connectivity index (χ1v) is 8.58. The van der Waals surface area contributed by atoms with E-state index >= 15 is 0 Å². The molecule has 0 radical (unpaired) electrons. The van der Waals surface area contributed by atoms with Gasteiger partial charge in [0.2, 0.25) is 5.91 Å². The third-order valence-electron chi connectivity index (χ3n) is 3.77. The van der Waals surface area contributed by atoms with Crippen molar-refractivity contribution < 1.29 is 9.53 Å². The van der Waals surface area contributed by atoms with Crippen LogP contribution in [0, 0.1) is 0 Å². The number of hydrogen-bond acceptors (Lipinski definition) is 3. The Morgan fingerprint density at radius 1 is 1.08 bits per heavy atom. The second-order valence-electron chi connectivity index (χ2n) is 5.69. The van der Waals surface area contributed by atoms with Gasteiger partial charge in [-0.15, -0.1) is 0 Å². The van der Waals surface area contributed by atoms with E-state index in [2.05, 4.69) is 10.3 Å². The fourth-order valence-corrected chi connectivity index (χ4v) is 2.65. The summed E-state index contributed by atoms with van der Waals surface area (Å²) in [4.78, 5) is 16.3. The predicted octanol–water partition coefficient (Wildman–Crippen LogP) is 4.02. The number of hydrogen-bond donors (Lipinski definition) is 1. The summed E-state index contributed by atoms with van der Waals surface area (Å²) >= 11 is 5.83. The van der Waals surface area contributed by atoms with E-state index in [1.54, 1.807) is 18.3 Å². The molecular formula is C20H19ClN2O2. The number of para-hydroxylation sites is 1. The molecule has 0 saturated heterocycles. The number of fused-ring (bicyclic) bond motifs is 1. The largest absolute Gasteiger partial charge is 0.491 e. The van der Waals surface area contributed by atoms with Crippen molar-refractivity contribution in [3.63, 3.8) is 0 Å². The number of nitrogens with one attached hydrogen (secondary N) is 1. The van der Waals surface area contributed by atoms with Gasteiger partial charge in [-0.1, -0.05) is 41.9 Å². The number of aromatic nitrogens is 1. The maximum atomic E-state index is 11.9. The lowest BCUT2D eigenvalue weighted by Crippen LogP contribution is -2.27. The van der Waals surface area contributed by atoms with E-state index in [0.717, 1.165) is 28.6 Å². The molecule has 0 aliphatic carbocycles. The van der Waals surface area contributed by atoms with Gasteiger partial charge in [-0.3, -0.25) is 9.78 Å². The van der Waals surface area contributed by atoms with Crippen molar-refractivity contribution >= 4 is 28.4 Å². The van der Waals surface area contributed by atoms with Gasteiger partial charge in [0.1, 0.15) is 11.3 Å². The van der Waals surface area contributed by atoms with Crippen LogP contribution in [0.3, 0.4) is 0 Å². The van der Waals surface area contributed by atoms with E-state index in [0.29, 0.717) is 24.6 Å². The number of amides is 1. The molecular weight excluding hydrogens is 336 g/mol. The van der Waals surface area contributed by atoms with Gasteiger partial charge in [0.25, 0.3) is 0 Å². The van der Waals surface area contributed by atoms with E-state index < -0.39 is 0 Å². The summed E-state index contributed by atoms with van der Waals surface area (Å²) in [5.41, 5.74) is 1.80. The lowest BCUT2D eigenvalue weighted by atomic mass is 10.1. The van der Waals surface area contributed by atoms with Gasteiger partial charge < -0.3 is 10.1 Å². The summed E-state index contributed by atoms with van der Waals surface area (Å²) in [5, 5.41) is 4.62. The normalized spacial score (nSPS) is 10.6. The molecule has 3 aromatic rings. The average Bonchev–Trinajstić information content (AvgIpc) is 2.63. The molecule has 3 rings (SSSR count). The second-order valence-corrected chi connectivity index (χ2v) is 6.12. The first kappa shape index (κ1) is 17.2. The summed E-state index contributed by atoms with van der Waals surface area (Å²) in [5.74, 6) is 0.764. The maximum absolute atomic E-state index is 11.9. The zero-order chi connectivity index (χ0) is 17.5. The highest BCUT2D eigenvalue weighted by Crippen LogP contribution is 2.22. The molecule has 0 spiro atoms. The highest BCUT2D eigenvalue weighted by Gasteiger charge is 2.04. The first-order valence-electron chi connectivity index (χ1n) is 8.20. The monoisotopic (exact) mass is 354 g/mol. The summed E-state index contributed by atoms with van der Waals surface area (Å²) in [6.07, 6.45) is 2.84. The Bertz CT molecular complexity index is 844. The molecule has 0 atom stereocenters. The molecule has 5 heteroatoms. The highest BCUT2D eigenvalue weighted by atomic mass is 35.5. The molecule has 4 nitrogen and oxygen atoms in total. The van der Waals surface area contributed by atoms with Crippen LogP contribution < -0.4 is 10.1 Å². The van der Waals surface area contributed by atoms with Crippen molar-refractivity contribution in [2.24, 2.45) is 0 Å². The topological polar surface area (TPSA) is 51.2 Å². The minimum absolute atomic E-state index is 0.00542. The molecule has 1 aromatic heterocycles. The molecule has 0 unspecified atom stereocenters. The number of carbonyl (C=O) groups excluding carboxylic acids is 1. The SMILES string of the molecule is O=C(Cc1ccc(Cl)cc1)NCCCOc1cccc2cccnc12. The van der Waals surface area contributed by atoms with Crippen LogP contribution in [0.2, 0.25) is 5.02 Å². The lowest BCUT2D eigenvalue weighted by molar-refractivity contribution is -0.120. The number of benzene rings is 2. The molecule has 2 aromatic carbocycles. The zero-order valence-corrected chi connectivity index (χ0v) is 14.5. The minimum atomic E-state index is -0.00542. The van der Waals surface area contributed by atoms with Crippen molar-refractivity contribution in [3.8, 4) is 5.75 Å². The summed E-state index contributed by atoms with van der Waals surface area (Å²) in [7, 11) is 0. The summed E-state index contributed by atoms with van der Waals surface area (Å²) in [6, 6.07) is 17.1. The number of ether oxygens (including phenoxy) is 1. The average molecular weight is 355 g/mol. The van der Waals surface area contributed by atoms with Crippen LogP contribution >= 0.6 is 11.6 Å². The quantitative estimate of drug-likeness (QED) is 0.652. The number of pyridine rings is 1. The number of carbonyl (C=O) groups is 1. The van der Waals surface area contributed by atoms with Crippen molar-refractivity contribution in [3.05, 3.63) is 71.4 Å². The van der Waals surface area contributed by atoms with E-state index in [9.17, 15) is 4.79 Å². The van der Waals surface area contributed by atoms with Crippen LogP contribution in [0.25, 0.3) is 10.9 Å². The van der Waals surface area contributed by atoms with Crippen molar-refractivity contribution in [1.82, 2.24) is 10.3 Å². The molecule has 1 N–H and O–H groups in total. The third kappa shape index (κ3) is 4.94. The van der Waals surface area contributed by atoms with Gasteiger partial charge in [0.05, 0.1) is 13.0 Å². The molecule has 0 saturated carbocycles. The fourth-order valence-electron chi connectivity index (χ4n) is 2.52. The molecule has 1 heterocycles. The first-order chi connectivity index (χ1) is 12.2. The third-order valence-corrected chi connectivity index (χ3v) is 4.03. The predicted molar refractivity (Wildman–Crippen MR) is 100 cm³/mol. The van der Waals surface area contributed by atoms with E-state index in [4.69, 9.17) is 16.3 Å². The van der Waals surface area contributed by atoms with Crippen LogP contribution in [-0.2, 0) is 11.2 Å². The molecule has 1 amide bonds. The minimum Gasteiger partial charge on any atom is -0.491 e. The van der Waals surface area contributed by atoms with Crippen LogP contribution in [0.15, 0.2) is 60.8 Å². The van der Waals surface area contributed by atoms with Crippen molar-refractivity contribution in [2.75, 3.05) is 13.2 Å². The Morgan fingerprint density at radius 2 is 1.88 bits per heavy atom.